The SMILES string of the molecule is C[C@H](N)c1cnc2c(Cl)cccc2c1-c1ccccn1. The van der Waals surface area contributed by atoms with Crippen molar-refractivity contribution in [2.24, 2.45) is 5.73 Å². The maximum atomic E-state index is 6.23. The number of fused-ring (bicyclic) bond motifs is 1. The van der Waals surface area contributed by atoms with Gasteiger partial charge in [0.05, 0.1) is 16.2 Å². The second kappa shape index (κ2) is 5.19. The second-order valence-corrected chi connectivity index (χ2v) is 5.14. The molecule has 1 aromatic carbocycles. The topological polar surface area (TPSA) is 51.8 Å². The van der Waals surface area contributed by atoms with Crippen LogP contribution in [-0.4, -0.2) is 9.97 Å². The number of pyridine rings is 2. The third-order valence-electron chi connectivity index (χ3n) is 3.29. The molecule has 3 nitrogen and oxygen atoms in total. The van der Waals surface area contributed by atoms with Gasteiger partial charge in [-0.2, -0.15) is 0 Å². The summed E-state index contributed by atoms with van der Waals surface area (Å²) < 4.78 is 0. The molecule has 3 aromatic rings. The number of halogens is 1. The van der Waals surface area contributed by atoms with E-state index >= 15 is 0 Å². The Morgan fingerprint density at radius 2 is 1.95 bits per heavy atom. The van der Waals surface area contributed by atoms with E-state index in [-0.39, 0.29) is 6.04 Å². The van der Waals surface area contributed by atoms with Crippen LogP contribution in [0.3, 0.4) is 0 Å². The number of nitrogens with zero attached hydrogens (tertiary/aromatic N) is 2. The van der Waals surface area contributed by atoms with Gasteiger partial charge in [0.25, 0.3) is 0 Å². The predicted octanol–water partition coefficient (Wildman–Crippen LogP) is 3.97. The first kappa shape index (κ1) is 13.0. The molecular weight excluding hydrogens is 270 g/mol. The van der Waals surface area contributed by atoms with Crippen molar-refractivity contribution in [2.45, 2.75) is 13.0 Å². The fraction of sp³-hybridized carbons (Fsp3) is 0.125. The Balaban J connectivity index is 2.42. The first-order chi connectivity index (χ1) is 9.68. The van der Waals surface area contributed by atoms with Gasteiger partial charge in [-0.05, 0) is 30.7 Å². The van der Waals surface area contributed by atoms with Gasteiger partial charge in [0.15, 0.2) is 0 Å². The fourth-order valence-electron chi connectivity index (χ4n) is 2.34. The summed E-state index contributed by atoms with van der Waals surface area (Å²) in [6.45, 7) is 1.94. The van der Waals surface area contributed by atoms with E-state index in [4.69, 9.17) is 17.3 Å². The van der Waals surface area contributed by atoms with Crippen molar-refractivity contribution in [3.05, 3.63) is 59.4 Å². The van der Waals surface area contributed by atoms with Gasteiger partial charge in [-0.3, -0.25) is 9.97 Å². The van der Waals surface area contributed by atoms with Gasteiger partial charge in [-0.1, -0.05) is 29.8 Å². The molecule has 0 saturated heterocycles. The van der Waals surface area contributed by atoms with Crippen LogP contribution in [0.4, 0.5) is 0 Å². The van der Waals surface area contributed by atoms with Gasteiger partial charge >= 0.3 is 0 Å². The molecule has 0 aliphatic heterocycles. The minimum absolute atomic E-state index is 0.122. The molecule has 100 valence electrons. The summed E-state index contributed by atoms with van der Waals surface area (Å²) in [5.74, 6) is 0. The van der Waals surface area contributed by atoms with Crippen LogP contribution in [0, 0.1) is 0 Å². The molecule has 4 heteroatoms. The van der Waals surface area contributed by atoms with Crippen LogP contribution in [0.15, 0.2) is 48.8 Å². The molecule has 1 atom stereocenters. The average Bonchev–Trinajstić information content (AvgIpc) is 2.47. The molecule has 2 heterocycles. The van der Waals surface area contributed by atoms with Crippen LogP contribution < -0.4 is 5.73 Å². The maximum Gasteiger partial charge on any atom is 0.0895 e. The molecule has 0 spiro atoms. The summed E-state index contributed by atoms with van der Waals surface area (Å²) >= 11 is 6.23. The molecule has 3 rings (SSSR count). The van der Waals surface area contributed by atoms with Crippen LogP contribution in [0.5, 0.6) is 0 Å². The van der Waals surface area contributed by atoms with Gasteiger partial charge in [0.2, 0.25) is 0 Å². The monoisotopic (exact) mass is 283 g/mol. The lowest BCUT2D eigenvalue weighted by atomic mass is 9.96. The highest BCUT2D eigenvalue weighted by Gasteiger charge is 2.15. The van der Waals surface area contributed by atoms with Gasteiger partial charge in [0, 0.05) is 29.4 Å². The number of aromatic nitrogens is 2. The van der Waals surface area contributed by atoms with E-state index in [1.165, 1.54) is 0 Å². The largest absolute Gasteiger partial charge is 0.324 e. The standard InChI is InChI=1S/C16H14ClN3/c1-10(18)12-9-20-16-11(5-4-6-13(16)17)15(12)14-7-2-3-8-19-14/h2-10H,18H2,1H3/t10-/m0/s1. The number of rotatable bonds is 2. The summed E-state index contributed by atoms with van der Waals surface area (Å²) in [4.78, 5) is 8.89. The molecule has 0 fully saturated rings. The van der Waals surface area contributed by atoms with Crippen molar-refractivity contribution in [3.8, 4) is 11.3 Å². The smallest absolute Gasteiger partial charge is 0.0895 e. The van der Waals surface area contributed by atoms with Crippen molar-refractivity contribution < 1.29 is 0 Å². The Hall–Kier alpha value is -1.97. The highest BCUT2D eigenvalue weighted by molar-refractivity contribution is 6.35. The highest BCUT2D eigenvalue weighted by Crippen LogP contribution is 2.34. The lowest BCUT2D eigenvalue weighted by Gasteiger charge is -2.15. The summed E-state index contributed by atoms with van der Waals surface area (Å²) in [6, 6.07) is 11.5. The molecule has 0 aliphatic carbocycles. The molecule has 20 heavy (non-hydrogen) atoms. The fourth-order valence-corrected chi connectivity index (χ4v) is 2.57. The molecule has 0 aliphatic rings. The van der Waals surface area contributed by atoms with Crippen molar-refractivity contribution in [2.75, 3.05) is 0 Å². The maximum absolute atomic E-state index is 6.23. The Morgan fingerprint density at radius 1 is 1.10 bits per heavy atom. The van der Waals surface area contributed by atoms with Crippen molar-refractivity contribution >= 4 is 22.5 Å². The lowest BCUT2D eigenvalue weighted by molar-refractivity contribution is 0.816. The van der Waals surface area contributed by atoms with E-state index < -0.39 is 0 Å². The molecule has 2 N–H and O–H groups in total. The first-order valence-corrected chi connectivity index (χ1v) is 6.80. The zero-order valence-corrected chi connectivity index (χ0v) is 11.8. The van der Waals surface area contributed by atoms with Crippen LogP contribution in [-0.2, 0) is 0 Å². The van der Waals surface area contributed by atoms with Gasteiger partial charge in [0.1, 0.15) is 0 Å². The van der Waals surface area contributed by atoms with E-state index in [1.807, 2.05) is 43.3 Å². The Morgan fingerprint density at radius 3 is 2.65 bits per heavy atom. The van der Waals surface area contributed by atoms with Crippen molar-refractivity contribution in [1.29, 1.82) is 0 Å². The van der Waals surface area contributed by atoms with Gasteiger partial charge < -0.3 is 5.73 Å². The zero-order chi connectivity index (χ0) is 14.1. The third-order valence-corrected chi connectivity index (χ3v) is 3.59. The van der Waals surface area contributed by atoms with Crippen molar-refractivity contribution in [1.82, 2.24) is 9.97 Å². The third kappa shape index (κ3) is 2.15. The minimum Gasteiger partial charge on any atom is -0.324 e. The molecule has 0 amide bonds. The zero-order valence-electron chi connectivity index (χ0n) is 11.0. The van der Waals surface area contributed by atoms with Crippen molar-refractivity contribution in [3.63, 3.8) is 0 Å². The first-order valence-electron chi connectivity index (χ1n) is 6.42. The molecular formula is C16H14ClN3. The number of nitrogens with two attached hydrogens (primary N) is 1. The Labute approximate surface area is 122 Å². The number of hydrogen-bond donors (Lipinski definition) is 1. The van der Waals surface area contributed by atoms with Crippen LogP contribution in [0.2, 0.25) is 5.02 Å². The normalized spacial score (nSPS) is 12.6. The highest BCUT2D eigenvalue weighted by atomic mass is 35.5. The number of para-hydroxylation sites is 1. The summed E-state index contributed by atoms with van der Waals surface area (Å²) in [7, 11) is 0. The summed E-state index contributed by atoms with van der Waals surface area (Å²) in [5, 5.41) is 1.61. The van der Waals surface area contributed by atoms with E-state index in [1.54, 1.807) is 12.4 Å². The van der Waals surface area contributed by atoms with Gasteiger partial charge in [-0.15, -0.1) is 0 Å². The quantitative estimate of drug-likeness (QED) is 0.774. The lowest BCUT2D eigenvalue weighted by Crippen LogP contribution is -2.08. The molecule has 0 saturated carbocycles. The van der Waals surface area contributed by atoms with Crippen LogP contribution >= 0.6 is 11.6 Å². The Bertz CT molecular complexity index is 754. The van der Waals surface area contributed by atoms with Crippen LogP contribution in [0.1, 0.15) is 18.5 Å². The number of benzene rings is 1. The molecule has 0 radical (unpaired) electrons. The molecule has 2 aromatic heterocycles. The minimum atomic E-state index is -0.122. The van der Waals surface area contributed by atoms with Crippen LogP contribution in [0.25, 0.3) is 22.2 Å². The van der Waals surface area contributed by atoms with E-state index in [2.05, 4.69) is 9.97 Å². The van der Waals surface area contributed by atoms with Gasteiger partial charge in [-0.25, -0.2) is 0 Å². The summed E-state index contributed by atoms with van der Waals surface area (Å²) in [5.41, 5.74) is 9.72. The molecule has 0 unspecified atom stereocenters. The van der Waals surface area contributed by atoms with E-state index in [9.17, 15) is 0 Å². The van der Waals surface area contributed by atoms with E-state index in [0.717, 1.165) is 27.7 Å². The second-order valence-electron chi connectivity index (χ2n) is 4.73. The molecule has 0 bridgehead atoms. The predicted molar refractivity (Wildman–Crippen MR) is 82.6 cm³/mol. The Kier molecular flexibility index (Phi) is 3.38. The van der Waals surface area contributed by atoms with E-state index in [0.29, 0.717) is 5.02 Å². The average molecular weight is 284 g/mol. The summed E-state index contributed by atoms with van der Waals surface area (Å²) in [6.07, 6.45) is 3.57. The number of hydrogen-bond acceptors (Lipinski definition) is 3.